The molecule has 0 fully saturated rings. The van der Waals surface area contributed by atoms with Gasteiger partial charge in [0.2, 0.25) is 0 Å². The third kappa shape index (κ3) is 2.86. The Hall–Kier alpha value is -3.44. The fourth-order valence-electron chi connectivity index (χ4n) is 3.27. The molecular formula is C23H17N3OS. The van der Waals surface area contributed by atoms with Crippen LogP contribution in [0, 0.1) is 0 Å². The predicted molar refractivity (Wildman–Crippen MR) is 114 cm³/mol. The minimum Gasteiger partial charge on any atom is -0.496 e. The molecule has 0 aliphatic rings. The Bertz CT molecular complexity index is 1220. The molecule has 0 bridgehead atoms. The average molecular weight is 383 g/mol. The fourth-order valence-corrected chi connectivity index (χ4v) is 4.25. The van der Waals surface area contributed by atoms with E-state index in [-0.39, 0.29) is 0 Å². The average Bonchev–Trinajstić information content (AvgIpc) is 3.38. The van der Waals surface area contributed by atoms with Gasteiger partial charge in [-0.2, -0.15) is 5.10 Å². The van der Waals surface area contributed by atoms with Crippen LogP contribution in [-0.2, 0) is 0 Å². The molecule has 0 N–H and O–H groups in total. The van der Waals surface area contributed by atoms with Crippen molar-refractivity contribution in [1.29, 1.82) is 0 Å². The molecule has 136 valence electrons. The smallest absolute Gasteiger partial charge is 0.128 e. The number of aromatic nitrogens is 3. The molecule has 0 saturated heterocycles. The van der Waals surface area contributed by atoms with Crippen molar-refractivity contribution in [2.45, 2.75) is 0 Å². The molecule has 5 heteroatoms. The Kier molecular flexibility index (Phi) is 4.14. The third-order valence-electron chi connectivity index (χ3n) is 4.62. The summed E-state index contributed by atoms with van der Waals surface area (Å²) >= 11 is 1.68. The van der Waals surface area contributed by atoms with E-state index in [4.69, 9.17) is 14.8 Å². The molecule has 0 aliphatic carbocycles. The second-order valence-corrected chi connectivity index (χ2v) is 7.39. The van der Waals surface area contributed by atoms with Gasteiger partial charge in [0.1, 0.15) is 16.5 Å². The van der Waals surface area contributed by atoms with E-state index in [0.29, 0.717) is 0 Å². The van der Waals surface area contributed by atoms with Gasteiger partial charge >= 0.3 is 0 Å². The summed E-state index contributed by atoms with van der Waals surface area (Å²) < 4.78 is 8.67. The van der Waals surface area contributed by atoms with Gasteiger partial charge in [0.25, 0.3) is 0 Å². The summed E-state index contributed by atoms with van der Waals surface area (Å²) in [5, 5.41) is 5.86. The molecular weight excluding hydrogens is 366 g/mol. The Morgan fingerprint density at radius 2 is 1.57 bits per heavy atom. The number of benzene rings is 3. The SMILES string of the molecule is COc1ccccc1-c1nn(-c2ccccc2)cc1-c1nc2ccccc2s1. The maximum Gasteiger partial charge on any atom is 0.128 e. The minimum absolute atomic E-state index is 0.795. The van der Waals surface area contributed by atoms with E-state index in [0.717, 1.165) is 43.5 Å². The summed E-state index contributed by atoms with van der Waals surface area (Å²) in [4.78, 5) is 4.86. The highest BCUT2D eigenvalue weighted by Gasteiger charge is 2.19. The minimum atomic E-state index is 0.795. The molecule has 0 radical (unpaired) electrons. The van der Waals surface area contributed by atoms with Crippen LogP contribution >= 0.6 is 11.3 Å². The van der Waals surface area contributed by atoms with Gasteiger partial charge < -0.3 is 4.74 Å². The van der Waals surface area contributed by atoms with Gasteiger partial charge in [0.05, 0.1) is 28.6 Å². The molecule has 0 unspecified atom stereocenters. The first-order chi connectivity index (χ1) is 13.8. The molecule has 0 atom stereocenters. The molecule has 5 aromatic rings. The second kappa shape index (κ2) is 6.94. The van der Waals surface area contributed by atoms with Crippen molar-refractivity contribution in [3.05, 3.63) is 85.1 Å². The van der Waals surface area contributed by atoms with Crippen LogP contribution in [0.5, 0.6) is 5.75 Å². The Morgan fingerprint density at radius 1 is 0.821 bits per heavy atom. The standard InChI is InChI=1S/C23H17N3OS/c1-27-20-13-7-5-11-17(20)22-18(15-26(25-22)16-9-3-2-4-10-16)23-24-19-12-6-8-14-21(19)28-23/h2-15H,1H3. The van der Waals surface area contributed by atoms with Crippen LogP contribution in [0.25, 0.3) is 37.7 Å². The van der Waals surface area contributed by atoms with Crippen molar-refractivity contribution in [2.75, 3.05) is 7.11 Å². The normalized spacial score (nSPS) is 11.0. The topological polar surface area (TPSA) is 39.9 Å². The van der Waals surface area contributed by atoms with Crippen LogP contribution < -0.4 is 4.74 Å². The van der Waals surface area contributed by atoms with E-state index in [9.17, 15) is 0 Å². The van der Waals surface area contributed by atoms with Crippen LogP contribution in [0.1, 0.15) is 0 Å². The Labute approximate surface area is 166 Å². The van der Waals surface area contributed by atoms with Crippen molar-refractivity contribution < 1.29 is 4.74 Å². The zero-order valence-electron chi connectivity index (χ0n) is 15.2. The van der Waals surface area contributed by atoms with E-state index >= 15 is 0 Å². The van der Waals surface area contributed by atoms with Crippen molar-refractivity contribution in [3.63, 3.8) is 0 Å². The summed E-state index contributed by atoms with van der Waals surface area (Å²) in [7, 11) is 1.68. The number of hydrogen-bond acceptors (Lipinski definition) is 4. The van der Waals surface area contributed by atoms with E-state index in [1.807, 2.05) is 77.5 Å². The van der Waals surface area contributed by atoms with Crippen molar-refractivity contribution in [2.24, 2.45) is 0 Å². The lowest BCUT2D eigenvalue weighted by Crippen LogP contribution is -1.94. The largest absolute Gasteiger partial charge is 0.496 e. The number of para-hydroxylation sites is 3. The van der Waals surface area contributed by atoms with E-state index in [2.05, 4.69) is 12.3 Å². The van der Waals surface area contributed by atoms with Gasteiger partial charge in [-0.05, 0) is 36.4 Å². The molecule has 0 aliphatic heterocycles. The third-order valence-corrected chi connectivity index (χ3v) is 5.69. The van der Waals surface area contributed by atoms with Gasteiger partial charge in [-0.3, -0.25) is 0 Å². The lowest BCUT2D eigenvalue weighted by molar-refractivity contribution is 0.416. The van der Waals surface area contributed by atoms with Crippen LogP contribution in [0.15, 0.2) is 85.1 Å². The summed E-state index contributed by atoms with van der Waals surface area (Å²) in [6.07, 6.45) is 2.05. The molecule has 0 saturated carbocycles. The first kappa shape index (κ1) is 16.7. The van der Waals surface area contributed by atoms with E-state index in [1.165, 1.54) is 0 Å². The monoisotopic (exact) mass is 383 g/mol. The highest BCUT2D eigenvalue weighted by atomic mass is 32.1. The van der Waals surface area contributed by atoms with Crippen LogP contribution in [-0.4, -0.2) is 21.9 Å². The zero-order chi connectivity index (χ0) is 18.9. The van der Waals surface area contributed by atoms with Gasteiger partial charge in [-0.15, -0.1) is 11.3 Å². The van der Waals surface area contributed by atoms with Crippen LogP contribution in [0.4, 0.5) is 0 Å². The Morgan fingerprint density at radius 3 is 2.39 bits per heavy atom. The number of hydrogen-bond donors (Lipinski definition) is 0. The van der Waals surface area contributed by atoms with Crippen molar-refractivity contribution in [3.8, 4) is 33.3 Å². The number of fused-ring (bicyclic) bond motifs is 1. The van der Waals surface area contributed by atoms with Gasteiger partial charge in [0.15, 0.2) is 0 Å². The van der Waals surface area contributed by atoms with Crippen LogP contribution in [0.2, 0.25) is 0 Å². The fraction of sp³-hybridized carbons (Fsp3) is 0.0435. The second-order valence-electron chi connectivity index (χ2n) is 6.36. The zero-order valence-corrected chi connectivity index (χ0v) is 16.1. The number of ether oxygens (including phenoxy) is 1. The lowest BCUT2D eigenvalue weighted by atomic mass is 10.1. The van der Waals surface area contributed by atoms with E-state index < -0.39 is 0 Å². The first-order valence-electron chi connectivity index (χ1n) is 8.98. The number of methoxy groups -OCH3 is 1. The summed E-state index contributed by atoms with van der Waals surface area (Å²) in [6.45, 7) is 0. The maximum atomic E-state index is 5.60. The van der Waals surface area contributed by atoms with Crippen molar-refractivity contribution in [1.82, 2.24) is 14.8 Å². The number of rotatable bonds is 4. The molecule has 2 aromatic heterocycles. The van der Waals surface area contributed by atoms with Crippen LogP contribution in [0.3, 0.4) is 0 Å². The molecule has 0 spiro atoms. The molecule has 3 aromatic carbocycles. The van der Waals surface area contributed by atoms with Gasteiger partial charge in [0, 0.05) is 11.8 Å². The summed E-state index contributed by atoms with van der Waals surface area (Å²) in [5.74, 6) is 0.795. The van der Waals surface area contributed by atoms with Gasteiger partial charge in [-0.25, -0.2) is 9.67 Å². The van der Waals surface area contributed by atoms with E-state index in [1.54, 1.807) is 18.4 Å². The Balaban J connectivity index is 1.75. The first-order valence-corrected chi connectivity index (χ1v) is 9.79. The molecule has 2 heterocycles. The molecule has 4 nitrogen and oxygen atoms in total. The maximum absolute atomic E-state index is 5.60. The highest BCUT2D eigenvalue weighted by Crippen LogP contribution is 2.39. The number of nitrogens with zero attached hydrogens (tertiary/aromatic N) is 3. The highest BCUT2D eigenvalue weighted by molar-refractivity contribution is 7.21. The lowest BCUT2D eigenvalue weighted by Gasteiger charge is -2.07. The van der Waals surface area contributed by atoms with Crippen molar-refractivity contribution >= 4 is 21.6 Å². The molecule has 5 rings (SSSR count). The number of thiazole rings is 1. The molecule has 0 amide bonds. The summed E-state index contributed by atoms with van der Waals surface area (Å²) in [5.41, 5.74) is 4.82. The summed E-state index contributed by atoms with van der Waals surface area (Å²) in [6, 6.07) is 26.3. The van der Waals surface area contributed by atoms with Gasteiger partial charge in [-0.1, -0.05) is 42.5 Å². The molecule has 28 heavy (non-hydrogen) atoms. The predicted octanol–water partition coefficient (Wildman–Crippen LogP) is 5.82. The quantitative estimate of drug-likeness (QED) is 0.392.